The van der Waals surface area contributed by atoms with Gasteiger partial charge >= 0.3 is 0 Å². The van der Waals surface area contributed by atoms with E-state index in [1.807, 2.05) is 0 Å². The Labute approximate surface area is 117 Å². The number of sulfonamides is 1. The van der Waals surface area contributed by atoms with Crippen LogP contribution in [0.25, 0.3) is 4.96 Å². The van der Waals surface area contributed by atoms with Gasteiger partial charge in [0.15, 0.2) is 21.6 Å². The molecule has 0 bridgehead atoms. The number of imidazole rings is 1. The first kappa shape index (κ1) is 13.0. The van der Waals surface area contributed by atoms with Gasteiger partial charge in [-0.3, -0.25) is 4.40 Å². The molecular weight excluding hydrogens is 304 g/mol. The van der Waals surface area contributed by atoms with Gasteiger partial charge in [0, 0.05) is 24.5 Å². The summed E-state index contributed by atoms with van der Waals surface area (Å²) in [6.07, 6.45) is 3.12. The number of fused-ring (bicyclic) bond motifs is 1. The fourth-order valence-corrected chi connectivity index (χ4v) is 3.73. The molecule has 3 aromatic rings. The molecule has 0 unspecified atom stereocenters. The Bertz CT molecular complexity index is 819. The molecule has 11 heteroatoms. The third-order valence-electron chi connectivity index (χ3n) is 2.55. The van der Waals surface area contributed by atoms with Gasteiger partial charge < -0.3 is 10.3 Å². The first-order valence-corrected chi connectivity index (χ1v) is 7.90. The number of nitrogens with one attached hydrogen (secondary N) is 1. The zero-order valence-electron chi connectivity index (χ0n) is 10.1. The molecule has 0 saturated heterocycles. The lowest BCUT2D eigenvalue weighted by Crippen LogP contribution is -2.27. The fourth-order valence-electron chi connectivity index (χ4n) is 1.72. The van der Waals surface area contributed by atoms with E-state index in [-0.39, 0.29) is 17.4 Å². The summed E-state index contributed by atoms with van der Waals surface area (Å²) in [6, 6.07) is 0. The molecule has 0 aromatic carbocycles. The summed E-state index contributed by atoms with van der Waals surface area (Å²) in [5.41, 5.74) is 5.67. The molecule has 20 heavy (non-hydrogen) atoms. The summed E-state index contributed by atoms with van der Waals surface area (Å²) in [4.78, 5) is 8.33. The van der Waals surface area contributed by atoms with Gasteiger partial charge in [-0.15, -0.1) is 11.3 Å². The number of nitrogens with zero attached hydrogens (tertiary/aromatic N) is 4. The van der Waals surface area contributed by atoms with Crippen LogP contribution < -0.4 is 10.5 Å². The van der Waals surface area contributed by atoms with Crippen molar-refractivity contribution >= 4 is 32.1 Å². The van der Waals surface area contributed by atoms with Gasteiger partial charge in [0.25, 0.3) is 10.0 Å². The van der Waals surface area contributed by atoms with Crippen LogP contribution in [-0.2, 0) is 16.4 Å². The van der Waals surface area contributed by atoms with E-state index in [4.69, 9.17) is 5.73 Å². The number of anilines is 1. The lowest BCUT2D eigenvalue weighted by Gasteiger charge is -2.05. The second kappa shape index (κ2) is 4.85. The fraction of sp³-hybridized carbons (Fsp3) is 0.222. The van der Waals surface area contributed by atoms with E-state index >= 15 is 0 Å². The standard InChI is InChI=1S/C9H10N6O3S2/c10-7-8(15-3-4-19-9(15)13-7)20(16,17)12-2-1-6-11-5-18-14-6/h3-5,12H,1-2,10H2. The first-order valence-electron chi connectivity index (χ1n) is 5.54. The Kier molecular flexibility index (Phi) is 3.16. The van der Waals surface area contributed by atoms with E-state index in [1.165, 1.54) is 22.1 Å². The number of rotatable bonds is 5. The van der Waals surface area contributed by atoms with Crippen molar-refractivity contribution in [2.24, 2.45) is 0 Å². The molecule has 3 rings (SSSR count). The predicted octanol–water partition coefficient (Wildman–Crippen LogP) is -0.118. The first-order chi connectivity index (χ1) is 9.58. The Morgan fingerprint density at radius 3 is 3.10 bits per heavy atom. The van der Waals surface area contributed by atoms with Crippen molar-refractivity contribution in [3.8, 4) is 0 Å². The zero-order chi connectivity index (χ0) is 14.2. The van der Waals surface area contributed by atoms with Crippen LogP contribution in [0.2, 0.25) is 0 Å². The molecule has 0 radical (unpaired) electrons. The largest absolute Gasteiger partial charge is 0.381 e. The third-order valence-corrected chi connectivity index (χ3v) is 4.80. The molecule has 0 aliphatic heterocycles. The summed E-state index contributed by atoms with van der Waals surface area (Å²) in [7, 11) is -3.75. The minimum atomic E-state index is -3.75. The van der Waals surface area contributed by atoms with Gasteiger partial charge in [-0.2, -0.15) is 4.98 Å². The Morgan fingerprint density at radius 1 is 1.50 bits per heavy atom. The molecule has 0 saturated carbocycles. The number of hydrogen-bond acceptors (Lipinski definition) is 8. The maximum atomic E-state index is 12.2. The topological polar surface area (TPSA) is 128 Å². The smallest absolute Gasteiger partial charge is 0.260 e. The Hall–Kier alpha value is -1.98. The van der Waals surface area contributed by atoms with Crippen molar-refractivity contribution in [1.82, 2.24) is 24.2 Å². The van der Waals surface area contributed by atoms with Crippen molar-refractivity contribution < 1.29 is 12.9 Å². The van der Waals surface area contributed by atoms with E-state index in [0.717, 1.165) is 0 Å². The molecule has 0 aliphatic carbocycles. The predicted molar refractivity (Wildman–Crippen MR) is 70.7 cm³/mol. The molecule has 0 fully saturated rings. The highest BCUT2D eigenvalue weighted by Crippen LogP contribution is 2.22. The van der Waals surface area contributed by atoms with E-state index in [9.17, 15) is 8.42 Å². The summed E-state index contributed by atoms with van der Waals surface area (Å²) in [6.45, 7) is 0.138. The van der Waals surface area contributed by atoms with Crippen molar-refractivity contribution in [3.05, 3.63) is 23.8 Å². The molecule has 0 atom stereocenters. The Balaban J connectivity index is 1.81. The minimum Gasteiger partial charge on any atom is -0.381 e. The highest BCUT2D eigenvalue weighted by Gasteiger charge is 2.24. The van der Waals surface area contributed by atoms with Crippen molar-refractivity contribution in [3.63, 3.8) is 0 Å². The second-order valence-corrected chi connectivity index (χ2v) is 6.41. The molecule has 0 aliphatic rings. The van der Waals surface area contributed by atoms with Crippen LogP contribution in [0.4, 0.5) is 5.82 Å². The van der Waals surface area contributed by atoms with Gasteiger partial charge in [0.2, 0.25) is 6.39 Å². The van der Waals surface area contributed by atoms with Crippen molar-refractivity contribution in [1.29, 1.82) is 0 Å². The van der Waals surface area contributed by atoms with E-state index < -0.39 is 10.0 Å². The molecule has 3 heterocycles. The number of nitrogens with two attached hydrogens (primary N) is 1. The normalized spacial score (nSPS) is 12.2. The molecule has 9 nitrogen and oxygen atoms in total. The van der Waals surface area contributed by atoms with Crippen LogP contribution >= 0.6 is 11.3 Å². The zero-order valence-corrected chi connectivity index (χ0v) is 11.7. The third kappa shape index (κ3) is 2.26. The Morgan fingerprint density at radius 2 is 2.35 bits per heavy atom. The second-order valence-electron chi connectivity index (χ2n) is 3.85. The van der Waals surface area contributed by atoms with Crippen LogP contribution in [0.5, 0.6) is 0 Å². The number of aromatic nitrogens is 4. The lowest BCUT2D eigenvalue weighted by atomic mass is 10.4. The molecule has 3 N–H and O–H groups in total. The summed E-state index contributed by atoms with van der Waals surface area (Å²) in [5.74, 6) is 0.401. The van der Waals surface area contributed by atoms with E-state index in [1.54, 1.807) is 11.6 Å². The molecular formula is C9H10N6O3S2. The van der Waals surface area contributed by atoms with E-state index in [0.29, 0.717) is 17.2 Å². The van der Waals surface area contributed by atoms with Gasteiger partial charge in [0.05, 0.1) is 0 Å². The van der Waals surface area contributed by atoms with Crippen LogP contribution in [0, 0.1) is 0 Å². The van der Waals surface area contributed by atoms with Gasteiger partial charge in [-0.1, -0.05) is 5.16 Å². The number of thiazole rings is 1. The summed E-state index contributed by atoms with van der Waals surface area (Å²) in [5, 5.41) is 5.28. The average molecular weight is 314 g/mol. The maximum absolute atomic E-state index is 12.2. The lowest BCUT2D eigenvalue weighted by molar-refractivity contribution is 0.409. The number of nitrogen functional groups attached to an aromatic ring is 1. The van der Waals surface area contributed by atoms with Gasteiger partial charge in [-0.25, -0.2) is 18.1 Å². The van der Waals surface area contributed by atoms with Crippen LogP contribution in [0.3, 0.4) is 0 Å². The van der Waals surface area contributed by atoms with Gasteiger partial charge in [-0.05, 0) is 0 Å². The SMILES string of the molecule is Nc1nc2sccn2c1S(=O)(=O)NCCc1ncon1. The average Bonchev–Trinajstić information content (AvgIpc) is 3.04. The minimum absolute atomic E-state index is 0.0242. The summed E-state index contributed by atoms with van der Waals surface area (Å²) < 4.78 is 32.9. The molecule has 0 amide bonds. The van der Waals surface area contributed by atoms with Gasteiger partial charge in [0.1, 0.15) is 0 Å². The monoisotopic (exact) mass is 314 g/mol. The number of hydrogen-bond donors (Lipinski definition) is 2. The van der Waals surface area contributed by atoms with Crippen molar-refractivity contribution in [2.75, 3.05) is 12.3 Å². The quantitative estimate of drug-likeness (QED) is 0.671. The van der Waals surface area contributed by atoms with Crippen LogP contribution in [-0.4, -0.2) is 34.5 Å². The maximum Gasteiger partial charge on any atom is 0.260 e. The highest BCUT2D eigenvalue weighted by atomic mass is 32.2. The highest BCUT2D eigenvalue weighted by molar-refractivity contribution is 7.89. The van der Waals surface area contributed by atoms with Crippen LogP contribution in [0.15, 0.2) is 27.5 Å². The van der Waals surface area contributed by atoms with E-state index in [2.05, 4.69) is 24.4 Å². The molecule has 0 spiro atoms. The molecule has 3 aromatic heterocycles. The molecule has 106 valence electrons. The van der Waals surface area contributed by atoms with Crippen molar-refractivity contribution in [2.45, 2.75) is 11.4 Å². The summed E-state index contributed by atoms with van der Waals surface area (Å²) >= 11 is 1.31. The van der Waals surface area contributed by atoms with Crippen LogP contribution in [0.1, 0.15) is 5.82 Å².